The summed E-state index contributed by atoms with van der Waals surface area (Å²) in [4.78, 5) is 26.5. The quantitative estimate of drug-likeness (QED) is 0.900. The maximum atomic E-state index is 13.8. The molecule has 2 amide bonds. The minimum Gasteiger partial charge on any atom is -0.338 e. The van der Waals surface area contributed by atoms with Gasteiger partial charge in [-0.15, -0.1) is 0 Å². The van der Waals surface area contributed by atoms with Gasteiger partial charge in [0, 0.05) is 23.8 Å². The molecule has 1 fully saturated rings. The van der Waals surface area contributed by atoms with Crippen LogP contribution < -0.4 is 5.32 Å². The third-order valence-electron chi connectivity index (χ3n) is 4.30. The molecule has 6 heteroatoms. The summed E-state index contributed by atoms with van der Waals surface area (Å²) < 4.78 is 13.8. The second-order valence-corrected chi connectivity index (χ2v) is 6.50. The topological polar surface area (TPSA) is 49.4 Å². The number of benzene rings is 2. The van der Waals surface area contributed by atoms with Crippen molar-refractivity contribution in [1.29, 1.82) is 0 Å². The van der Waals surface area contributed by atoms with Crippen LogP contribution in [-0.4, -0.2) is 29.8 Å². The molecule has 1 heterocycles. The van der Waals surface area contributed by atoms with Crippen molar-refractivity contribution in [2.45, 2.75) is 12.8 Å². The van der Waals surface area contributed by atoms with E-state index in [-0.39, 0.29) is 29.8 Å². The highest BCUT2D eigenvalue weighted by Crippen LogP contribution is 2.22. The first-order valence-corrected chi connectivity index (χ1v) is 8.52. The second-order valence-electron chi connectivity index (χ2n) is 6.07. The van der Waals surface area contributed by atoms with Crippen LogP contribution in [-0.2, 0) is 4.79 Å². The Hall–Kier alpha value is -2.40. The Morgan fingerprint density at radius 2 is 1.84 bits per heavy atom. The molecule has 1 saturated heterocycles. The Balaban J connectivity index is 1.66. The number of hydrogen-bond donors (Lipinski definition) is 1. The number of nitrogens with one attached hydrogen (secondary N) is 1. The number of halogens is 2. The van der Waals surface area contributed by atoms with Gasteiger partial charge in [0.05, 0.1) is 11.5 Å². The molecule has 0 spiro atoms. The van der Waals surface area contributed by atoms with Gasteiger partial charge >= 0.3 is 0 Å². The summed E-state index contributed by atoms with van der Waals surface area (Å²) in [6.07, 6.45) is 1.40. The molecule has 0 unspecified atom stereocenters. The molecule has 25 heavy (non-hydrogen) atoms. The van der Waals surface area contributed by atoms with Crippen molar-refractivity contribution >= 4 is 29.1 Å². The Kier molecular flexibility index (Phi) is 5.34. The summed E-state index contributed by atoms with van der Waals surface area (Å²) in [5.74, 6) is -1.38. The molecule has 1 aliphatic heterocycles. The van der Waals surface area contributed by atoms with Gasteiger partial charge in [-0.05, 0) is 49.2 Å². The molecule has 130 valence electrons. The van der Waals surface area contributed by atoms with Crippen molar-refractivity contribution in [1.82, 2.24) is 4.90 Å². The Morgan fingerprint density at radius 1 is 1.12 bits per heavy atom. The van der Waals surface area contributed by atoms with Crippen molar-refractivity contribution in [3.05, 3.63) is 64.9 Å². The standard InChI is InChI=1S/C19H18ClFN2O2/c20-14-7-9-15(10-8-14)22-18(24)13-4-3-11-23(12-13)19(25)16-5-1-2-6-17(16)21/h1-2,5-10,13H,3-4,11-12H2,(H,22,24)/t13-/m0/s1. The first kappa shape index (κ1) is 17.4. The van der Waals surface area contributed by atoms with Gasteiger partial charge in [0.2, 0.25) is 5.91 Å². The van der Waals surface area contributed by atoms with Crippen LogP contribution in [0.4, 0.5) is 10.1 Å². The van der Waals surface area contributed by atoms with Gasteiger partial charge < -0.3 is 10.2 Å². The Labute approximate surface area is 150 Å². The van der Waals surface area contributed by atoms with Crippen LogP contribution in [0.25, 0.3) is 0 Å². The van der Waals surface area contributed by atoms with E-state index >= 15 is 0 Å². The van der Waals surface area contributed by atoms with Crippen LogP contribution >= 0.6 is 11.6 Å². The van der Waals surface area contributed by atoms with E-state index in [1.165, 1.54) is 12.1 Å². The summed E-state index contributed by atoms with van der Waals surface area (Å²) in [5, 5.41) is 3.43. The zero-order valence-corrected chi connectivity index (χ0v) is 14.3. The van der Waals surface area contributed by atoms with Gasteiger partial charge in [-0.2, -0.15) is 0 Å². The molecule has 4 nitrogen and oxygen atoms in total. The third kappa shape index (κ3) is 4.17. The van der Waals surface area contributed by atoms with Crippen molar-refractivity contribution in [2.75, 3.05) is 18.4 Å². The van der Waals surface area contributed by atoms with Crippen LogP contribution in [0.2, 0.25) is 5.02 Å². The van der Waals surface area contributed by atoms with Gasteiger partial charge in [-0.3, -0.25) is 9.59 Å². The normalized spacial score (nSPS) is 17.2. The van der Waals surface area contributed by atoms with Gasteiger partial charge in [0.25, 0.3) is 5.91 Å². The molecule has 0 aromatic heterocycles. The summed E-state index contributed by atoms with van der Waals surface area (Å²) in [5.41, 5.74) is 0.702. The lowest BCUT2D eigenvalue weighted by molar-refractivity contribution is -0.121. The fraction of sp³-hybridized carbons (Fsp3) is 0.263. The van der Waals surface area contributed by atoms with Crippen LogP contribution in [0.5, 0.6) is 0 Å². The highest BCUT2D eigenvalue weighted by molar-refractivity contribution is 6.30. The molecule has 1 N–H and O–H groups in total. The predicted molar refractivity (Wildman–Crippen MR) is 95.1 cm³/mol. The van der Waals surface area contributed by atoms with Gasteiger partial charge in [0.1, 0.15) is 5.82 Å². The first-order valence-electron chi connectivity index (χ1n) is 8.15. The summed E-state index contributed by atoms with van der Waals surface area (Å²) in [6, 6.07) is 12.8. The lowest BCUT2D eigenvalue weighted by atomic mass is 9.96. The fourth-order valence-corrected chi connectivity index (χ4v) is 3.08. The van der Waals surface area contributed by atoms with Crippen LogP contribution in [0.3, 0.4) is 0 Å². The summed E-state index contributed by atoms with van der Waals surface area (Å²) >= 11 is 5.83. The molecule has 1 aliphatic rings. The zero-order chi connectivity index (χ0) is 17.8. The number of carbonyl (C=O) groups is 2. The molecule has 2 aromatic carbocycles. The lowest BCUT2D eigenvalue weighted by Gasteiger charge is -2.32. The number of rotatable bonds is 3. The predicted octanol–water partition coefficient (Wildman–Crippen LogP) is 3.97. The van der Waals surface area contributed by atoms with Gasteiger partial charge in [-0.25, -0.2) is 4.39 Å². The van der Waals surface area contributed by atoms with Gasteiger partial charge in [-0.1, -0.05) is 23.7 Å². The third-order valence-corrected chi connectivity index (χ3v) is 4.55. The monoisotopic (exact) mass is 360 g/mol. The van der Waals surface area contributed by atoms with Crippen molar-refractivity contribution in [3.8, 4) is 0 Å². The van der Waals surface area contributed by atoms with E-state index in [2.05, 4.69) is 5.32 Å². The summed E-state index contributed by atoms with van der Waals surface area (Å²) in [7, 11) is 0. The molecule has 2 aromatic rings. The zero-order valence-electron chi connectivity index (χ0n) is 13.5. The molecule has 0 radical (unpaired) electrons. The molecular formula is C19H18ClFN2O2. The average Bonchev–Trinajstić information content (AvgIpc) is 2.63. The smallest absolute Gasteiger partial charge is 0.256 e. The molecule has 0 saturated carbocycles. The van der Waals surface area contributed by atoms with Crippen molar-refractivity contribution in [3.63, 3.8) is 0 Å². The van der Waals surface area contributed by atoms with E-state index in [0.29, 0.717) is 30.1 Å². The van der Waals surface area contributed by atoms with Gasteiger partial charge in [0.15, 0.2) is 0 Å². The summed E-state index contributed by atoms with van der Waals surface area (Å²) in [6.45, 7) is 0.810. The van der Waals surface area contributed by atoms with Crippen molar-refractivity contribution < 1.29 is 14.0 Å². The largest absolute Gasteiger partial charge is 0.338 e. The highest BCUT2D eigenvalue weighted by Gasteiger charge is 2.29. The fourth-order valence-electron chi connectivity index (χ4n) is 2.96. The maximum Gasteiger partial charge on any atom is 0.256 e. The Morgan fingerprint density at radius 3 is 2.56 bits per heavy atom. The van der Waals surface area contributed by atoms with E-state index < -0.39 is 5.82 Å². The van der Waals surface area contributed by atoms with E-state index in [1.807, 2.05) is 0 Å². The average molecular weight is 361 g/mol. The number of nitrogens with zero attached hydrogens (tertiary/aromatic N) is 1. The van der Waals surface area contributed by atoms with Crippen LogP contribution in [0.15, 0.2) is 48.5 Å². The van der Waals surface area contributed by atoms with E-state index in [1.54, 1.807) is 41.3 Å². The molecule has 0 aliphatic carbocycles. The minimum atomic E-state index is -0.541. The molecule has 3 rings (SSSR count). The number of piperidine rings is 1. The number of anilines is 1. The molecule has 1 atom stereocenters. The first-order chi connectivity index (χ1) is 12.0. The van der Waals surface area contributed by atoms with Crippen molar-refractivity contribution in [2.24, 2.45) is 5.92 Å². The number of amides is 2. The lowest BCUT2D eigenvalue weighted by Crippen LogP contribution is -2.44. The van der Waals surface area contributed by atoms with Crippen LogP contribution in [0, 0.1) is 11.7 Å². The molecular weight excluding hydrogens is 343 g/mol. The van der Waals surface area contributed by atoms with Crippen LogP contribution in [0.1, 0.15) is 23.2 Å². The molecule has 0 bridgehead atoms. The highest BCUT2D eigenvalue weighted by atomic mass is 35.5. The number of likely N-dealkylation sites (tertiary alicyclic amines) is 1. The van der Waals surface area contributed by atoms with E-state index in [4.69, 9.17) is 11.6 Å². The number of carbonyl (C=O) groups excluding carboxylic acids is 2. The Bertz CT molecular complexity index is 779. The van der Waals surface area contributed by atoms with E-state index in [9.17, 15) is 14.0 Å². The van der Waals surface area contributed by atoms with E-state index in [0.717, 1.165) is 0 Å². The minimum absolute atomic E-state index is 0.0428. The maximum absolute atomic E-state index is 13.8. The number of hydrogen-bond acceptors (Lipinski definition) is 2. The second kappa shape index (κ2) is 7.66. The SMILES string of the molecule is O=C(Nc1ccc(Cl)cc1)[C@H]1CCCN(C(=O)c2ccccc2F)C1.